The standard InChI is InChI=1S/C14H17F3N2O2/c1-10(2)9-21-8-7-18-13(20)19-12-6-4-3-5-11(12)14(15,16)17/h3-6H,1,7-9H2,2H3,(H2,18,19,20). The average Bonchev–Trinajstić information content (AvgIpc) is 2.37. The first-order valence-electron chi connectivity index (χ1n) is 6.24. The van der Waals surface area contributed by atoms with E-state index in [1.54, 1.807) is 6.92 Å². The van der Waals surface area contributed by atoms with E-state index in [9.17, 15) is 18.0 Å². The van der Waals surface area contributed by atoms with Gasteiger partial charge in [-0.2, -0.15) is 13.2 Å². The Morgan fingerprint density at radius 2 is 2.00 bits per heavy atom. The number of carbonyl (C=O) groups is 1. The third-order valence-corrected chi connectivity index (χ3v) is 2.36. The molecule has 0 unspecified atom stereocenters. The molecule has 0 heterocycles. The Morgan fingerprint density at radius 3 is 2.62 bits per heavy atom. The van der Waals surface area contributed by atoms with Crippen LogP contribution >= 0.6 is 0 Å². The number of ether oxygens (including phenoxy) is 1. The maximum atomic E-state index is 12.7. The van der Waals surface area contributed by atoms with Crippen molar-refractivity contribution in [3.05, 3.63) is 42.0 Å². The molecule has 0 saturated carbocycles. The molecule has 0 aliphatic carbocycles. The van der Waals surface area contributed by atoms with Crippen LogP contribution in [0, 0.1) is 0 Å². The molecule has 1 aromatic carbocycles. The van der Waals surface area contributed by atoms with Gasteiger partial charge in [-0.15, -0.1) is 0 Å². The number of benzene rings is 1. The maximum absolute atomic E-state index is 12.7. The smallest absolute Gasteiger partial charge is 0.375 e. The van der Waals surface area contributed by atoms with Crippen LogP contribution in [0.2, 0.25) is 0 Å². The van der Waals surface area contributed by atoms with Crippen LogP contribution in [0.4, 0.5) is 23.7 Å². The van der Waals surface area contributed by atoms with Gasteiger partial charge in [-0.1, -0.05) is 24.3 Å². The Bertz CT molecular complexity index is 501. The summed E-state index contributed by atoms with van der Waals surface area (Å²) >= 11 is 0. The highest BCUT2D eigenvalue weighted by Gasteiger charge is 2.33. The van der Waals surface area contributed by atoms with E-state index in [0.29, 0.717) is 6.61 Å². The summed E-state index contributed by atoms with van der Waals surface area (Å²) < 4.78 is 43.3. The molecule has 2 amide bonds. The summed E-state index contributed by atoms with van der Waals surface area (Å²) in [4.78, 5) is 11.5. The zero-order valence-corrected chi connectivity index (χ0v) is 11.6. The molecule has 0 spiro atoms. The van der Waals surface area contributed by atoms with Crippen LogP contribution in [0.5, 0.6) is 0 Å². The van der Waals surface area contributed by atoms with E-state index in [1.807, 2.05) is 0 Å². The lowest BCUT2D eigenvalue weighted by Gasteiger charge is -2.14. The minimum absolute atomic E-state index is 0.188. The van der Waals surface area contributed by atoms with Crippen molar-refractivity contribution in [2.24, 2.45) is 0 Å². The lowest BCUT2D eigenvalue weighted by atomic mass is 10.1. The highest BCUT2D eigenvalue weighted by atomic mass is 19.4. The fourth-order valence-electron chi connectivity index (χ4n) is 1.49. The molecule has 1 rings (SSSR count). The number of para-hydroxylation sites is 1. The van der Waals surface area contributed by atoms with E-state index in [1.165, 1.54) is 18.2 Å². The van der Waals surface area contributed by atoms with Crippen LogP contribution in [0.15, 0.2) is 36.4 Å². The molecule has 0 aliphatic rings. The summed E-state index contributed by atoms with van der Waals surface area (Å²) in [7, 11) is 0. The van der Waals surface area contributed by atoms with E-state index < -0.39 is 17.8 Å². The molecule has 116 valence electrons. The number of halogens is 3. The Hall–Kier alpha value is -2.02. The first kappa shape index (κ1) is 17.0. The topological polar surface area (TPSA) is 50.4 Å². The molecule has 7 heteroatoms. The first-order valence-corrected chi connectivity index (χ1v) is 6.24. The van der Waals surface area contributed by atoms with Crippen LogP contribution < -0.4 is 10.6 Å². The highest BCUT2D eigenvalue weighted by molar-refractivity contribution is 5.90. The Morgan fingerprint density at radius 1 is 1.33 bits per heavy atom. The molecule has 0 aromatic heterocycles. The molecule has 0 atom stereocenters. The number of hydrogen-bond acceptors (Lipinski definition) is 2. The van der Waals surface area contributed by atoms with Crippen molar-refractivity contribution < 1.29 is 22.7 Å². The van der Waals surface area contributed by atoms with Crippen LogP contribution in [0.1, 0.15) is 12.5 Å². The normalized spacial score (nSPS) is 11.0. The number of nitrogens with one attached hydrogen (secondary N) is 2. The molecule has 0 radical (unpaired) electrons. The van der Waals surface area contributed by atoms with E-state index in [2.05, 4.69) is 17.2 Å². The van der Waals surface area contributed by atoms with E-state index in [0.717, 1.165) is 11.6 Å². The SMILES string of the molecule is C=C(C)COCCNC(=O)Nc1ccccc1C(F)(F)F. The zero-order chi connectivity index (χ0) is 15.9. The summed E-state index contributed by atoms with van der Waals surface area (Å²) in [6.45, 7) is 6.26. The van der Waals surface area contributed by atoms with E-state index in [-0.39, 0.29) is 18.8 Å². The number of alkyl halides is 3. The molecular formula is C14H17F3N2O2. The van der Waals surface area contributed by atoms with Gasteiger partial charge < -0.3 is 15.4 Å². The molecule has 0 aliphatic heterocycles. The molecular weight excluding hydrogens is 285 g/mol. The summed E-state index contributed by atoms with van der Waals surface area (Å²) in [5.41, 5.74) is -0.331. The molecule has 2 N–H and O–H groups in total. The van der Waals surface area contributed by atoms with Gasteiger partial charge in [-0.05, 0) is 19.1 Å². The fourth-order valence-corrected chi connectivity index (χ4v) is 1.49. The summed E-state index contributed by atoms with van der Waals surface area (Å²) in [6, 6.07) is 4.06. The van der Waals surface area contributed by atoms with Gasteiger partial charge in [0.1, 0.15) is 0 Å². The number of hydrogen-bond donors (Lipinski definition) is 2. The van der Waals surface area contributed by atoms with Crippen LogP contribution in [-0.2, 0) is 10.9 Å². The molecule has 0 saturated heterocycles. The Kier molecular flexibility index (Phi) is 6.23. The number of amides is 2. The monoisotopic (exact) mass is 302 g/mol. The molecule has 1 aromatic rings. The second-order valence-electron chi connectivity index (χ2n) is 4.43. The second kappa shape index (κ2) is 7.68. The second-order valence-corrected chi connectivity index (χ2v) is 4.43. The summed E-state index contributed by atoms with van der Waals surface area (Å²) in [6.07, 6.45) is -4.52. The molecule has 0 bridgehead atoms. The maximum Gasteiger partial charge on any atom is 0.418 e. The average molecular weight is 302 g/mol. The molecule has 0 fully saturated rings. The van der Waals surface area contributed by atoms with Crippen molar-refractivity contribution in [2.75, 3.05) is 25.1 Å². The van der Waals surface area contributed by atoms with Crippen molar-refractivity contribution >= 4 is 11.7 Å². The number of carbonyl (C=O) groups excluding carboxylic acids is 1. The van der Waals surface area contributed by atoms with Crippen LogP contribution in [0.3, 0.4) is 0 Å². The largest absolute Gasteiger partial charge is 0.418 e. The molecule has 21 heavy (non-hydrogen) atoms. The van der Waals surface area contributed by atoms with Crippen LogP contribution in [-0.4, -0.2) is 25.8 Å². The Balaban J connectivity index is 2.47. The van der Waals surface area contributed by atoms with Gasteiger partial charge >= 0.3 is 12.2 Å². The zero-order valence-electron chi connectivity index (χ0n) is 11.6. The van der Waals surface area contributed by atoms with Crippen molar-refractivity contribution in [2.45, 2.75) is 13.1 Å². The fraction of sp³-hybridized carbons (Fsp3) is 0.357. The van der Waals surface area contributed by atoms with Gasteiger partial charge in [0, 0.05) is 6.54 Å². The van der Waals surface area contributed by atoms with Crippen molar-refractivity contribution in [1.29, 1.82) is 0 Å². The van der Waals surface area contributed by atoms with Gasteiger partial charge in [0.05, 0.1) is 24.5 Å². The minimum Gasteiger partial charge on any atom is -0.375 e. The van der Waals surface area contributed by atoms with E-state index >= 15 is 0 Å². The number of rotatable bonds is 6. The van der Waals surface area contributed by atoms with Crippen molar-refractivity contribution in [3.63, 3.8) is 0 Å². The minimum atomic E-state index is -4.52. The van der Waals surface area contributed by atoms with Gasteiger partial charge in [0.15, 0.2) is 0 Å². The number of anilines is 1. The van der Waals surface area contributed by atoms with E-state index in [4.69, 9.17) is 4.74 Å². The van der Waals surface area contributed by atoms with Gasteiger partial charge in [-0.3, -0.25) is 0 Å². The van der Waals surface area contributed by atoms with Gasteiger partial charge in [0.25, 0.3) is 0 Å². The lowest BCUT2D eigenvalue weighted by molar-refractivity contribution is -0.136. The lowest BCUT2D eigenvalue weighted by Crippen LogP contribution is -2.32. The molecule has 4 nitrogen and oxygen atoms in total. The quantitative estimate of drug-likeness (QED) is 0.625. The Labute approximate surface area is 121 Å². The van der Waals surface area contributed by atoms with Crippen molar-refractivity contribution in [3.8, 4) is 0 Å². The van der Waals surface area contributed by atoms with Gasteiger partial charge in [-0.25, -0.2) is 4.79 Å². The third kappa shape index (κ3) is 6.31. The first-order chi connectivity index (χ1) is 9.80. The van der Waals surface area contributed by atoms with Crippen molar-refractivity contribution in [1.82, 2.24) is 5.32 Å². The highest BCUT2D eigenvalue weighted by Crippen LogP contribution is 2.34. The predicted octanol–water partition coefficient (Wildman–Crippen LogP) is 3.42. The van der Waals surface area contributed by atoms with Gasteiger partial charge in [0.2, 0.25) is 0 Å². The van der Waals surface area contributed by atoms with Crippen LogP contribution in [0.25, 0.3) is 0 Å². The summed E-state index contributed by atoms with van der Waals surface area (Å²) in [5, 5.41) is 4.59. The predicted molar refractivity (Wildman–Crippen MR) is 74.1 cm³/mol. The summed E-state index contributed by atoms with van der Waals surface area (Å²) in [5.74, 6) is 0. The third-order valence-electron chi connectivity index (χ3n) is 2.36. The number of urea groups is 1.